The molecule has 33 heavy (non-hydrogen) atoms. The summed E-state index contributed by atoms with van der Waals surface area (Å²) in [6, 6.07) is 0. The molecular weight excluding hydrogens is 428 g/mol. The molecule has 0 radical (unpaired) electrons. The highest BCUT2D eigenvalue weighted by molar-refractivity contribution is 5.69. The van der Waals surface area contributed by atoms with Crippen molar-refractivity contribution in [3.8, 4) is 0 Å². The molecule has 4 saturated heterocycles. The molecule has 4 heterocycles. The number of methoxy groups -OCH3 is 1. The van der Waals surface area contributed by atoms with Crippen LogP contribution in [0.4, 0.5) is 0 Å². The van der Waals surface area contributed by atoms with Crippen LogP contribution < -0.4 is 0 Å². The summed E-state index contributed by atoms with van der Waals surface area (Å²) in [6.07, 6.45) is 1.07. The maximum absolute atomic E-state index is 11.6. The van der Waals surface area contributed by atoms with Crippen LogP contribution in [0.25, 0.3) is 0 Å². The van der Waals surface area contributed by atoms with Gasteiger partial charge in [0.05, 0.1) is 56.4 Å². The fourth-order valence-corrected chi connectivity index (χ4v) is 5.70. The number of carbonyl (C=O) groups excluding carboxylic acids is 1. The number of fused-ring (bicyclic) bond motifs is 2. The molecule has 188 valence electrons. The molecule has 1 N–H and O–H groups in total. The van der Waals surface area contributed by atoms with Crippen molar-refractivity contribution >= 4 is 5.97 Å². The van der Waals surface area contributed by atoms with Crippen LogP contribution in [0, 0.1) is 11.8 Å². The molecule has 0 saturated carbocycles. The predicted octanol–water partition coefficient (Wildman–Crippen LogP) is 2.75. The average Bonchev–Trinajstić information content (AvgIpc) is 2.77. The van der Waals surface area contributed by atoms with Gasteiger partial charge >= 0.3 is 5.97 Å². The number of esters is 1. The minimum Gasteiger partial charge on any atom is -0.469 e. The van der Waals surface area contributed by atoms with Gasteiger partial charge in [-0.1, -0.05) is 20.4 Å². The Hall–Kier alpha value is -1.03. The number of aliphatic hydroxyl groups excluding tert-OH is 1. The van der Waals surface area contributed by atoms with Gasteiger partial charge in [0.1, 0.15) is 6.10 Å². The third kappa shape index (κ3) is 5.46. The topological polar surface area (TPSA) is 92.7 Å². The lowest BCUT2D eigenvalue weighted by Crippen LogP contribution is -2.63. The Bertz CT molecular complexity index is 723. The minimum atomic E-state index is -0.674. The third-order valence-electron chi connectivity index (χ3n) is 7.76. The summed E-state index contributed by atoms with van der Waals surface area (Å²) >= 11 is 0. The second-order valence-corrected chi connectivity index (χ2v) is 10.6. The molecule has 0 aromatic carbocycles. The van der Waals surface area contributed by atoms with E-state index in [-0.39, 0.29) is 60.5 Å². The number of aliphatic hydroxyl groups is 1. The Kier molecular flexibility index (Phi) is 7.53. The summed E-state index contributed by atoms with van der Waals surface area (Å²) in [5.41, 5.74) is 1.02. The number of ether oxygens (including phenoxy) is 6. The van der Waals surface area contributed by atoms with E-state index in [1.807, 2.05) is 20.8 Å². The molecule has 0 aromatic heterocycles. The molecule has 4 fully saturated rings. The van der Waals surface area contributed by atoms with Crippen LogP contribution in [-0.2, 0) is 33.2 Å². The van der Waals surface area contributed by atoms with Crippen LogP contribution in [-0.4, -0.2) is 79.4 Å². The fourth-order valence-electron chi connectivity index (χ4n) is 5.70. The van der Waals surface area contributed by atoms with Crippen LogP contribution in [0.5, 0.6) is 0 Å². The first-order valence-corrected chi connectivity index (χ1v) is 12.3. The molecule has 8 nitrogen and oxygen atoms in total. The second-order valence-electron chi connectivity index (χ2n) is 10.6. The lowest BCUT2D eigenvalue weighted by Gasteiger charge is -2.53. The molecule has 10 atom stereocenters. The fraction of sp³-hybridized carbons (Fsp3) is 0.880. The molecule has 4 rings (SSSR count). The second kappa shape index (κ2) is 9.91. The maximum atomic E-state index is 11.6. The number of hydrogen-bond acceptors (Lipinski definition) is 8. The van der Waals surface area contributed by atoms with Gasteiger partial charge in [-0.3, -0.25) is 4.79 Å². The first-order valence-electron chi connectivity index (χ1n) is 12.3. The summed E-state index contributed by atoms with van der Waals surface area (Å²) in [5, 5.41) is 11.1. The molecule has 4 aliphatic heterocycles. The smallest absolute Gasteiger partial charge is 0.305 e. The van der Waals surface area contributed by atoms with E-state index >= 15 is 0 Å². The van der Waals surface area contributed by atoms with Crippen LogP contribution in [0.15, 0.2) is 12.2 Å². The largest absolute Gasteiger partial charge is 0.469 e. The Morgan fingerprint density at radius 2 is 1.91 bits per heavy atom. The summed E-state index contributed by atoms with van der Waals surface area (Å²) in [5.74, 6) is -0.685. The molecular formula is C25H40O8. The van der Waals surface area contributed by atoms with E-state index in [2.05, 4.69) is 13.5 Å². The van der Waals surface area contributed by atoms with E-state index in [1.165, 1.54) is 7.11 Å². The highest BCUT2D eigenvalue weighted by Crippen LogP contribution is 2.42. The highest BCUT2D eigenvalue weighted by atomic mass is 16.7. The van der Waals surface area contributed by atoms with Gasteiger partial charge in [0, 0.05) is 25.2 Å². The third-order valence-corrected chi connectivity index (χ3v) is 7.76. The van der Waals surface area contributed by atoms with Crippen molar-refractivity contribution in [3.05, 3.63) is 12.2 Å². The molecule has 4 aliphatic rings. The number of carbonyl (C=O) groups is 1. The van der Waals surface area contributed by atoms with Crippen molar-refractivity contribution < 1.29 is 38.3 Å². The Morgan fingerprint density at radius 1 is 1.15 bits per heavy atom. The first-order chi connectivity index (χ1) is 15.6. The zero-order valence-corrected chi connectivity index (χ0v) is 20.5. The van der Waals surface area contributed by atoms with E-state index in [4.69, 9.17) is 28.4 Å². The Labute approximate surface area is 196 Å². The minimum absolute atomic E-state index is 0.0443. The SMILES string of the molecule is C=C1C(C[C@@H]2O[C@H]3C[C@H]4OC(C)(C)OC[C@H]4O[C@H]3[C@H](C)[C@H]2O)O[C@@H](CCC(=O)OC)C[C@H]1C. The first kappa shape index (κ1) is 25.1. The molecule has 0 aliphatic carbocycles. The number of rotatable bonds is 5. The van der Waals surface area contributed by atoms with E-state index in [1.54, 1.807) is 0 Å². The molecule has 0 spiro atoms. The van der Waals surface area contributed by atoms with Crippen molar-refractivity contribution in [2.45, 2.75) is 114 Å². The van der Waals surface area contributed by atoms with Gasteiger partial charge in [-0.25, -0.2) is 0 Å². The maximum Gasteiger partial charge on any atom is 0.305 e. The summed E-state index contributed by atoms with van der Waals surface area (Å²) in [4.78, 5) is 11.6. The van der Waals surface area contributed by atoms with Crippen LogP contribution in [0.1, 0.15) is 59.8 Å². The lowest BCUT2D eigenvalue weighted by molar-refractivity contribution is -0.355. The van der Waals surface area contributed by atoms with Gasteiger partial charge in [-0.2, -0.15) is 0 Å². The lowest BCUT2D eigenvalue weighted by atomic mass is 9.79. The van der Waals surface area contributed by atoms with Crippen molar-refractivity contribution in [1.29, 1.82) is 0 Å². The van der Waals surface area contributed by atoms with Gasteiger partial charge in [-0.15, -0.1) is 0 Å². The normalized spacial score (nSPS) is 45.1. The molecule has 8 heteroatoms. The van der Waals surface area contributed by atoms with Crippen molar-refractivity contribution in [1.82, 2.24) is 0 Å². The van der Waals surface area contributed by atoms with E-state index in [0.717, 1.165) is 12.0 Å². The number of hydrogen-bond donors (Lipinski definition) is 1. The van der Waals surface area contributed by atoms with Crippen LogP contribution in [0.3, 0.4) is 0 Å². The van der Waals surface area contributed by atoms with Crippen molar-refractivity contribution in [3.63, 3.8) is 0 Å². The summed E-state index contributed by atoms with van der Waals surface area (Å²) < 4.78 is 35.7. The van der Waals surface area contributed by atoms with Gasteiger partial charge < -0.3 is 33.5 Å². The average molecular weight is 469 g/mol. The standard InChI is InChI=1S/C25H40O8/c1-13-9-16(7-8-22(26)28-6)30-17(14(13)2)10-19-23(27)15(3)24-20(31-19)11-18-21(32-24)12-29-25(4,5)33-18/h13,15-21,23-24,27H,2,7-12H2,1,3-6H3/t13-,15-,16+,17?,18-,19+,20+,21-,23-,24+/m1/s1. The van der Waals surface area contributed by atoms with Crippen molar-refractivity contribution in [2.24, 2.45) is 11.8 Å². The van der Waals surface area contributed by atoms with Gasteiger partial charge in [0.25, 0.3) is 0 Å². The molecule has 0 amide bonds. The molecule has 0 aromatic rings. The van der Waals surface area contributed by atoms with Gasteiger partial charge in [0.2, 0.25) is 0 Å². The quantitative estimate of drug-likeness (QED) is 0.486. The summed E-state index contributed by atoms with van der Waals surface area (Å²) in [7, 11) is 1.40. The molecule has 0 bridgehead atoms. The van der Waals surface area contributed by atoms with Gasteiger partial charge in [-0.05, 0) is 38.2 Å². The van der Waals surface area contributed by atoms with Crippen LogP contribution in [0.2, 0.25) is 0 Å². The Morgan fingerprint density at radius 3 is 2.64 bits per heavy atom. The zero-order valence-electron chi connectivity index (χ0n) is 20.5. The van der Waals surface area contributed by atoms with Crippen molar-refractivity contribution in [2.75, 3.05) is 13.7 Å². The summed E-state index contributed by atoms with van der Waals surface area (Å²) in [6.45, 7) is 12.7. The van der Waals surface area contributed by atoms with E-state index in [9.17, 15) is 9.90 Å². The zero-order chi connectivity index (χ0) is 23.9. The van der Waals surface area contributed by atoms with Gasteiger partial charge in [0.15, 0.2) is 5.79 Å². The van der Waals surface area contributed by atoms with Crippen LogP contribution >= 0.6 is 0 Å². The van der Waals surface area contributed by atoms with E-state index < -0.39 is 11.9 Å². The van der Waals surface area contributed by atoms with E-state index in [0.29, 0.717) is 32.3 Å². The Balaban J connectivity index is 1.40. The highest BCUT2D eigenvalue weighted by Gasteiger charge is 2.52. The molecule has 1 unspecified atom stereocenters. The predicted molar refractivity (Wildman–Crippen MR) is 119 cm³/mol. The monoisotopic (exact) mass is 468 g/mol.